The van der Waals surface area contributed by atoms with Crippen molar-refractivity contribution in [3.05, 3.63) is 18.2 Å². The molecular formula is C12H16N2O5. The minimum absolute atomic E-state index is 0.0759. The number of esters is 1. The van der Waals surface area contributed by atoms with Crippen molar-refractivity contribution < 1.29 is 24.5 Å². The van der Waals surface area contributed by atoms with Crippen molar-refractivity contribution in [2.75, 3.05) is 18.5 Å². The first-order chi connectivity index (χ1) is 9.01. The van der Waals surface area contributed by atoms with E-state index in [0.29, 0.717) is 6.61 Å². The number of ether oxygens (including phenoxy) is 1. The van der Waals surface area contributed by atoms with Crippen molar-refractivity contribution >= 4 is 17.7 Å². The van der Waals surface area contributed by atoms with Crippen LogP contribution in [-0.2, 0) is 9.53 Å². The highest BCUT2D eigenvalue weighted by Gasteiger charge is 2.06. The van der Waals surface area contributed by atoms with Gasteiger partial charge in [-0.25, -0.2) is 4.79 Å². The van der Waals surface area contributed by atoms with Gasteiger partial charge in [-0.1, -0.05) is 0 Å². The highest BCUT2D eigenvalue weighted by molar-refractivity contribution is 5.89. The lowest BCUT2D eigenvalue weighted by molar-refractivity contribution is -0.142. The zero-order valence-corrected chi connectivity index (χ0v) is 10.5. The largest absolute Gasteiger partial charge is 0.508 e. The van der Waals surface area contributed by atoms with Gasteiger partial charge in [-0.05, 0) is 6.92 Å². The number of carbonyl (C=O) groups excluding carboxylic acids is 2. The van der Waals surface area contributed by atoms with Gasteiger partial charge in [0.15, 0.2) is 0 Å². The molecule has 0 aliphatic carbocycles. The molecule has 1 aromatic rings. The molecule has 4 N–H and O–H groups in total. The topological polar surface area (TPSA) is 108 Å². The summed E-state index contributed by atoms with van der Waals surface area (Å²) in [6.45, 7) is 2.13. The fourth-order valence-corrected chi connectivity index (χ4v) is 1.35. The Morgan fingerprint density at radius 1 is 1.21 bits per heavy atom. The smallest absolute Gasteiger partial charge is 0.319 e. The van der Waals surface area contributed by atoms with Crippen molar-refractivity contribution in [2.45, 2.75) is 13.3 Å². The summed E-state index contributed by atoms with van der Waals surface area (Å²) < 4.78 is 4.70. The van der Waals surface area contributed by atoms with Crippen LogP contribution in [0.4, 0.5) is 10.5 Å². The number of phenolic OH excluding ortho intramolecular Hbond substituents is 2. The molecule has 0 fully saturated rings. The molecule has 2 amide bonds. The van der Waals surface area contributed by atoms with E-state index in [-0.39, 0.29) is 30.2 Å². The van der Waals surface area contributed by atoms with Gasteiger partial charge in [0.05, 0.1) is 13.0 Å². The molecule has 7 nitrogen and oxygen atoms in total. The van der Waals surface area contributed by atoms with Gasteiger partial charge in [0.2, 0.25) is 0 Å². The number of amides is 2. The minimum Gasteiger partial charge on any atom is -0.508 e. The van der Waals surface area contributed by atoms with Crippen LogP contribution in [0.3, 0.4) is 0 Å². The van der Waals surface area contributed by atoms with Gasteiger partial charge in [-0.2, -0.15) is 0 Å². The molecule has 1 rings (SSSR count). The first kappa shape index (κ1) is 14.6. The zero-order chi connectivity index (χ0) is 14.3. The van der Waals surface area contributed by atoms with Crippen LogP contribution in [0.25, 0.3) is 0 Å². The molecule has 0 spiro atoms. The highest BCUT2D eigenvalue weighted by atomic mass is 16.5. The number of hydrogen-bond donors (Lipinski definition) is 4. The number of aromatic hydroxyl groups is 2. The van der Waals surface area contributed by atoms with Gasteiger partial charge in [0.25, 0.3) is 0 Å². The average molecular weight is 268 g/mol. The van der Waals surface area contributed by atoms with Crippen LogP contribution in [0.2, 0.25) is 0 Å². The van der Waals surface area contributed by atoms with Crippen LogP contribution < -0.4 is 10.6 Å². The maximum Gasteiger partial charge on any atom is 0.319 e. The zero-order valence-electron chi connectivity index (χ0n) is 10.5. The summed E-state index contributed by atoms with van der Waals surface area (Å²) in [5.74, 6) is -0.721. The number of nitrogens with one attached hydrogen (secondary N) is 2. The lowest BCUT2D eigenvalue weighted by Crippen LogP contribution is -2.30. The summed E-state index contributed by atoms with van der Waals surface area (Å²) in [5.41, 5.74) is 0.242. The van der Waals surface area contributed by atoms with E-state index in [4.69, 9.17) is 4.74 Å². The fraction of sp³-hybridized carbons (Fsp3) is 0.333. The molecule has 104 valence electrons. The number of phenols is 2. The number of hydrogen-bond acceptors (Lipinski definition) is 5. The molecule has 0 heterocycles. The SMILES string of the molecule is CCOC(=O)CCNC(=O)Nc1cc(O)cc(O)c1. The summed E-state index contributed by atoms with van der Waals surface area (Å²) in [5, 5.41) is 23.3. The maximum absolute atomic E-state index is 11.4. The van der Waals surface area contributed by atoms with Crippen molar-refractivity contribution in [3.8, 4) is 11.5 Å². The molecule has 0 saturated heterocycles. The molecule has 19 heavy (non-hydrogen) atoms. The molecule has 0 radical (unpaired) electrons. The molecule has 0 aromatic heterocycles. The fourth-order valence-electron chi connectivity index (χ4n) is 1.35. The molecule has 0 bridgehead atoms. The van der Waals surface area contributed by atoms with Crippen LogP contribution in [-0.4, -0.2) is 35.4 Å². The Morgan fingerprint density at radius 2 is 1.84 bits per heavy atom. The Balaban J connectivity index is 2.37. The van der Waals surface area contributed by atoms with Crippen LogP contribution in [0.1, 0.15) is 13.3 Å². The predicted molar refractivity (Wildman–Crippen MR) is 68.0 cm³/mol. The second-order valence-electron chi connectivity index (χ2n) is 3.67. The maximum atomic E-state index is 11.4. The predicted octanol–water partition coefficient (Wildman–Crippen LogP) is 1.17. The third kappa shape index (κ3) is 5.62. The summed E-state index contributed by atoms with van der Waals surface area (Å²) in [6, 6.07) is 3.16. The van der Waals surface area contributed by atoms with Gasteiger partial charge in [0, 0.05) is 30.4 Å². The minimum atomic E-state index is -0.547. The number of carbonyl (C=O) groups is 2. The highest BCUT2D eigenvalue weighted by Crippen LogP contribution is 2.23. The molecule has 0 saturated carbocycles. The van der Waals surface area contributed by atoms with Gasteiger partial charge >= 0.3 is 12.0 Å². The Kier molecular flexibility index (Phi) is 5.46. The third-order valence-electron chi connectivity index (χ3n) is 2.08. The standard InChI is InChI=1S/C12H16N2O5/c1-2-19-11(17)3-4-13-12(18)14-8-5-9(15)7-10(16)6-8/h5-7,15-16H,2-4H2,1H3,(H2,13,14,18). The molecule has 7 heteroatoms. The quantitative estimate of drug-likeness (QED) is 0.599. The van der Waals surface area contributed by atoms with Crippen molar-refractivity contribution in [1.29, 1.82) is 0 Å². The Bertz CT molecular complexity index is 441. The summed E-state index contributed by atoms with van der Waals surface area (Å²) in [4.78, 5) is 22.4. The molecule has 0 atom stereocenters. The second-order valence-corrected chi connectivity index (χ2v) is 3.67. The van der Waals surface area contributed by atoms with Gasteiger partial charge in [0.1, 0.15) is 11.5 Å². The molecule has 0 unspecified atom stereocenters. The van der Waals surface area contributed by atoms with Crippen LogP contribution in [0, 0.1) is 0 Å². The third-order valence-corrected chi connectivity index (χ3v) is 2.08. The van der Waals surface area contributed by atoms with E-state index in [9.17, 15) is 19.8 Å². The first-order valence-corrected chi connectivity index (χ1v) is 5.74. The lowest BCUT2D eigenvalue weighted by Gasteiger charge is -2.08. The summed E-state index contributed by atoms with van der Waals surface area (Å²) in [6.07, 6.45) is 0.0759. The summed E-state index contributed by atoms with van der Waals surface area (Å²) >= 11 is 0. The Labute approximate surface area is 110 Å². The second kappa shape index (κ2) is 7.10. The van der Waals surface area contributed by atoms with Crippen molar-refractivity contribution in [2.24, 2.45) is 0 Å². The monoisotopic (exact) mass is 268 g/mol. The average Bonchev–Trinajstić information content (AvgIpc) is 2.27. The summed E-state index contributed by atoms with van der Waals surface area (Å²) in [7, 11) is 0. The van der Waals surface area contributed by atoms with E-state index in [1.165, 1.54) is 12.1 Å². The number of anilines is 1. The van der Waals surface area contributed by atoms with Crippen molar-refractivity contribution in [1.82, 2.24) is 5.32 Å². The van der Waals surface area contributed by atoms with E-state index in [1.54, 1.807) is 6.92 Å². The van der Waals surface area contributed by atoms with Gasteiger partial charge < -0.3 is 25.6 Å². The Hall–Kier alpha value is -2.44. The van der Waals surface area contributed by atoms with Crippen LogP contribution in [0.5, 0.6) is 11.5 Å². The number of benzene rings is 1. The molecule has 1 aromatic carbocycles. The number of rotatable bonds is 5. The molecular weight excluding hydrogens is 252 g/mol. The van der Waals surface area contributed by atoms with E-state index in [1.807, 2.05) is 0 Å². The van der Waals surface area contributed by atoms with Crippen LogP contribution in [0.15, 0.2) is 18.2 Å². The van der Waals surface area contributed by atoms with Crippen molar-refractivity contribution in [3.63, 3.8) is 0 Å². The van der Waals surface area contributed by atoms with Gasteiger partial charge in [-0.15, -0.1) is 0 Å². The number of urea groups is 1. The molecule has 0 aliphatic rings. The van der Waals surface area contributed by atoms with E-state index in [2.05, 4.69) is 10.6 Å². The normalized spacial score (nSPS) is 9.74. The van der Waals surface area contributed by atoms with Crippen LogP contribution >= 0.6 is 0 Å². The van der Waals surface area contributed by atoms with E-state index in [0.717, 1.165) is 6.07 Å². The lowest BCUT2D eigenvalue weighted by atomic mass is 10.3. The Morgan fingerprint density at radius 3 is 2.42 bits per heavy atom. The molecule has 0 aliphatic heterocycles. The first-order valence-electron chi connectivity index (χ1n) is 5.74. The van der Waals surface area contributed by atoms with E-state index < -0.39 is 12.0 Å². The van der Waals surface area contributed by atoms with Gasteiger partial charge in [-0.3, -0.25) is 4.79 Å². The van der Waals surface area contributed by atoms with E-state index >= 15 is 0 Å².